The van der Waals surface area contributed by atoms with E-state index in [2.05, 4.69) is 4.98 Å². The maximum absolute atomic E-state index is 11.8. The Labute approximate surface area is 117 Å². The third-order valence-corrected chi connectivity index (χ3v) is 3.03. The van der Waals surface area contributed by atoms with Crippen LogP contribution in [0.1, 0.15) is 26.3 Å². The van der Waals surface area contributed by atoms with Crippen LogP contribution < -0.4 is 0 Å². The predicted octanol–water partition coefficient (Wildman–Crippen LogP) is 2.17. The van der Waals surface area contributed by atoms with Gasteiger partial charge >= 0.3 is 6.09 Å². The van der Waals surface area contributed by atoms with Crippen molar-refractivity contribution in [1.29, 1.82) is 0 Å². The van der Waals surface area contributed by atoms with Crippen molar-refractivity contribution in [2.75, 3.05) is 13.1 Å². The molecule has 1 amide bonds. The molecule has 104 valence electrons. The SMILES string of the molecule is CC(C)(C)OC(=O)N1CC(O)(c2ccnc(Cl)c2)C1. The van der Waals surface area contributed by atoms with Gasteiger partial charge in [0, 0.05) is 6.20 Å². The number of likely N-dealkylation sites (tertiary alicyclic amines) is 1. The van der Waals surface area contributed by atoms with E-state index in [0.717, 1.165) is 0 Å². The van der Waals surface area contributed by atoms with Gasteiger partial charge < -0.3 is 14.7 Å². The van der Waals surface area contributed by atoms with Crippen molar-refractivity contribution in [3.63, 3.8) is 0 Å². The Bertz CT molecular complexity index is 493. The molecular weight excluding hydrogens is 268 g/mol. The molecule has 1 fully saturated rings. The fourth-order valence-corrected chi connectivity index (χ4v) is 2.09. The normalized spacial score (nSPS) is 17.8. The van der Waals surface area contributed by atoms with E-state index < -0.39 is 17.3 Å². The zero-order valence-corrected chi connectivity index (χ0v) is 11.9. The van der Waals surface area contributed by atoms with Gasteiger partial charge in [-0.1, -0.05) is 11.6 Å². The molecule has 1 N–H and O–H groups in total. The number of hydrogen-bond donors (Lipinski definition) is 1. The number of carbonyl (C=O) groups excluding carboxylic acids is 1. The zero-order valence-electron chi connectivity index (χ0n) is 11.2. The summed E-state index contributed by atoms with van der Waals surface area (Å²) in [5, 5.41) is 10.7. The lowest BCUT2D eigenvalue weighted by Crippen LogP contribution is -2.61. The molecule has 0 atom stereocenters. The van der Waals surface area contributed by atoms with Crippen molar-refractivity contribution in [2.45, 2.75) is 32.0 Å². The number of hydrogen-bond acceptors (Lipinski definition) is 4. The van der Waals surface area contributed by atoms with Gasteiger partial charge in [-0.15, -0.1) is 0 Å². The lowest BCUT2D eigenvalue weighted by molar-refractivity contribution is -0.103. The first-order valence-corrected chi connectivity index (χ1v) is 6.40. The largest absolute Gasteiger partial charge is 0.444 e. The highest BCUT2D eigenvalue weighted by molar-refractivity contribution is 6.29. The lowest BCUT2D eigenvalue weighted by atomic mass is 9.87. The van der Waals surface area contributed by atoms with Crippen molar-refractivity contribution in [3.8, 4) is 0 Å². The van der Waals surface area contributed by atoms with Crippen molar-refractivity contribution in [2.24, 2.45) is 0 Å². The van der Waals surface area contributed by atoms with Crippen molar-refractivity contribution in [3.05, 3.63) is 29.0 Å². The van der Waals surface area contributed by atoms with Gasteiger partial charge in [-0.2, -0.15) is 0 Å². The molecule has 6 heteroatoms. The molecule has 2 rings (SSSR count). The number of aromatic nitrogens is 1. The molecule has 0 unspecified atom stereocenters. The van der Waals surface area contributed by atoms with Gasteiger partial charge in [0.2, 0.25) is 0 Å². The summed E-state index contributed by atoms with van der Waals surface area (Å²) in [6, 6.07) is 3.30. The lowest BCUT2D eigenvalue weighted by Gasteiger charge is -2.46. The minimum atomic E-state index is -1.07. The Morgan fingerprint density at radius 2 is 2.16 bits per heavy atom. The molecule has 0 aromatic carbocycles. The highest BCUT2D eigenvalue weighted by Crippen LogP contribution is 2.33. The van der Waals surface area contributed by atoms with Gasteiger partial charge in [0.05, 0.1) is 13.1 Å². The average Bonchev–Trinajstić information content (AvgIpc) is 2.22. The minimum absolute atomic E-state index is 0.197. The van der Waals surface area contributed by atoms with Crippen LogP contribution in [0.4, 0.5) is 4.79 Å². The molecule has 1 aromatic rings. The number of β-amino-alcohol motifs (C(OH)–C–C–N with tert-alkyl or cyclic N) is 1. The van der Waals surface area contributed by atoms with Crippen LogP contribution in [0.3, 0.4) is 0 Å². The van der Waals surface area contributed by atoms with Crippen LogP contribution in [-0.2, 0) is 10.3 Å². The van der Waals surface area contributed by atoms with Crippen LogP contribution in [-0.4, -0.2) is 39.8 Å². The molecule has 19 heavy (non-hydrogen) atoms. The number of rotatable bonds is 1. The van der Waals surface area contributed by atoms with E-state index in [1.54, 1.807) is 32.9 Å². The second-order valence-corrected chi connectivity index (χ2v) is 6.12. The first-order valence-electron chi connectivity index (χ1n) is 6.02. The number of nitrogens with zero attached hydrogens (tertiary/aromatic N) is 2. The number of carbonyl (C=O) groups is 1. The predicted molar refractivity (Wildman–Crippen MR) is 71.0 cm³/mol. The Kier molecular flexibility index (Phi) is 3.45. The topological polar surface area (TPSA) is 62.7 Å². The number of amides is 1. The van der Waals surface area contributed by atoms with Gasteiger partial charge in [0.1, 0.15) is 16.4 Å². The van der Waals surface area contributed by atoms with Crippen LogP contribution >= 0.6 is 11.6 Å². The van der Waals surface area contributed by atoms with Gasteiger partial charge in [-0.3, -0.25) is 0 Å². The molecule has 1 aliphatic rings. The summed E-state index contributed by atoms with van der Waals surface area (Å²) in [6.07, 6.45) is 1.11. The molecule has 0 radical (unpaired) electrons. The summed E-state index contributed by atoms with van der Waals surface area (Å²) in [5.41, 5.74) is -0.943. The summed E-state index contributed by atoms with van der Waals surface area (Å²) in [6.45, 7) is 5.81. The Morgan fingerprint density at radius 3 is 2.68 bits per heavy atom. The van der Waals surface area contributed by atoms with E-state index in [9.17, 15) is 9.90 Å². The second-order valence-electron chi connectivity index (χ2n) is 5.74. The van der Waals surface area contributed by atoms with Gasteiger partial charge in [0.15, 0.2) is 0 Å². The summed E-state index contributed by atoms with van der Waals surface area (Å²) < 4.78 is 5.23. The molecule has 0 aliphatic carbocycles. The summed E-state index contributed by atoms with van der Waals surface area (Å²) in [7, 11) is 0. The smallest absolute Gasteiger partial charge is 0.410 e. The van der Waals surface area contributed by atoms with Gasteiger partial charge in [0.25, 0.3) is 0 Å². The highest BCUT2D eigenvalue weighted by atomic mass is 35.5. The van der Waals surface area contributed by atoms with Crippen LogP contribution in [0.5, 0.6) is 0 Å². The van der Waals surface area contributed by atoms with E-state index in [0.29, 0.717) is 10.7 Å². The summed E-state index contributed by atoms with van der Waals surface area (Å²) in [4.78, 5) is 17.1. The number of aliphatic hydroxyl groups is 1. The molecule has 2 heterocycles. The van der Waals surface area contributed by atoms with E-state index in [-0.39, 0.29) is 13.1 Å². The quantitative estimate of drug-likeness (QED) is 0.803. The van der Waals surface area contributed by atoms with E-state index >= 15 is 0 Å². The van der Waals surface area contributed by atoms with Crippen LogP contribution in [0.25, 0.3) is 0 Å². The summed E-state index contributed by atoms with van der Waals surface area (Å²) in [5.74, 6) is 0. The molecule has 0 bridgehead atoms. The molecule has 5 nitrogen and oxygen atoms in total. The average molecular weight is 285 g/mol. The van der Waals surface area contributed by atoms with E-state index in [4.69, 9.17) is 16.3 Å². The Morgan fingerprint density at radius 1 is 1.53 bits per heavy atom. The van der Waals surface area contributed by atoms with Crippen LogP contribution in [0.2, 0.25) is 5.15 Å². The fraction of sp³-hybridized carbons (Fsp3) is 0.538. The zero-order chi connectivity index (χ0) is 14.3. The number of ether oxygens (including phenoxy) is 1. The van der Waals surface area contributed by atoms with E-state index in [1.807, 2.05) is 0 Å². The van der Waals surface area contributed by atoms with Crippen molar-refractivity contribution in [1.82, 2.24) is 9.88 Å². The van der Waals surface area contributed by atoms with E-state index in [1.165, 1.54) is 11.1 Å². The van der Waals surface area contributed by atoms with Crippen LogP contribution in [0.15, 0.2) is 18.3 Å². The maximum Gasteiger partial charge on any atom is 0.410 e. The minimum Gasteiger partial charge on any atom is -0.444 e. The fourth-order valence-electron chi connectivity index (χ4n) is 1.92. The standard InChI is InChI=1S/C13H17ClN2O3/c1-12(2,3)19-11(17)16-7-13(18,8-16)9-4-5-15-10(14)6-9/h4-6,18H,7-8H2,1-3H3. The molecule has 1 saturated heterocycles. The molecule has 1 aromatic heterocycles. The third kappa shape index (κ3) is 3.16. The van der Waals surface area contributed by atoms with Gasteiger partial charge in [-0.25, -0.2) is 9.78 Å². The molecule has 1 aliphatic heterocycles. The molecular formula is C13H17ClN2O3. The number of halogens is 1. The highest BCUT2D eigenvalue weighted by Gasteiger charge is 2.46. The monoisotopic (exact) mass is 284 g/mol. The summed E-state index contributed by atoms with van der Waals surface area (Å²) >= 11 is 5.79. The third-order valence-electron chi connectivity index (χ3n) is 2.82. The van der Waals surface area contributed by atoms with Crippen LogP contribution in [0, 0.1) is 0 Å². The Hall–Kier alpha value is -1.33. The first-order chi connectivity index (χ1) is 8.70. The number of pyridine rings is 1. The first kappa shape index (κ1) is 14.1. The van der Waals surface area contributed by atoms with Crippen molar-refractivity contribution >= 4 is 17.7 Å². The molecule has 0 saturated carbocycles. The second kappa shape index (κ2) is 4.65. The maximum atomic E-state index is 11.8. The van der Waals surface area contributed by atoms with Crippen molar-refractivity contribution < 1.29 is 14.6 Å². The van der Waals surface area contributed by atoms with Gasteiger partial charge in [-0.05, 0) is 38.5 Å². The Balaban J connectivity index is 2.00. The molecule has 0 spiro atoms.